The lowest BCUT2D eigenvalue weighted by Crippen LogP contribution is -2.24. The summed E-state index contributed by atoms with van der Waals surface area (Å²) < 4.78 is 5.59. The monoisotopic (exact) mass is 263 g/mol. The van der Waals surface area contributed by atoms with Gasteiger partial charge in [0.1, 0.15) is 5.92 Å². The fourth-order valence-electron chi connectivity index (χ4n) is 1.78. The predicted octanol–water partition coefficient (Wildman–Crippen LogP) is 2.68. The Hall–Kier alpha value is -1.75. The Morgan fingerprint density at radius 2 is 2.28 bits per heavy atom. The highest BCUT2D eigenvalue weighted by Crippen LogP contribution is 2.22. The molecule has 2 aromatic rings. The van der Waals surface area contributed by atoms with Gasteiger partial charge >= 0.3 is 5.97 Å². The molecule has 0 spiro atoms. The lowest BCUT2D eigenvalue weighted by Gasteiger charge is -2.10. The van der Waals surface area contributed by atoms with Crippen LogP contribution < -0.4 is 0 Å². The van der Waals surface area contributed by atoms with Crippen LogP contribution >= 0.6 is 11.3 Å². The van der Waals surface area contributed by atoms with E-state index >= 15 is 0 Å². The summed E-state index contributed by atoms with van der Waals surface area (Å²) in [7, 11) is 1.29. The van der Waals surface area contributed by atoms with Crippen LogP contribution in [-0.2, 0) is 9.53 Å². The van der Waals surface area contributed by atoms with Crippen molar-refractivity contribution in [3.63, 3.8) is 0 Å². The highest BCUT2D eigenvalue weighted by atomic mass is 32.1. The second kappa shape index (κ2) is 5.27. The number of ether oxygens (including phenoxy) is 1. The number of carbonyl (C=O) groups excluding carboxylic acids is 2. The van der Waals surface area contributed by atoms with Gasteiger partial charge < -0.3 is 4.74 Å². The molecule has 0 saturated carbocycles. The quantitative estimate of drug-likeness (QED) is 0.483. The number of esters is 1. The number of hydrogen-bond donors (Lipinski definition) is 0. The summed E-state index contributed by atoms with van der Waals surface area (Å²) in [5, 5.41) is 1.92. The van der Waals surface area contributed by atoms with Crippen molar-refractivity contribution in [2.45, 2.75) is 13.3 Å². The van der Waals surface area contributed by atoms with Gasteiger partial charge in [0.15, 0.2) is 5.78 Å². The molecule has 0 aliphatic heterocycles. The number of methoxy groups -OCH3 is 1. The SMILES string of the molecule is CCC(C(=O)OC)C(=O)c1cnc2ccsc2c1. The molecule has 0 aromatic carbocycles. The van der Waals surface area contributed by atoms with E-state index in [2.05, 4.69) is 9.72 Å². The van der Waals surface area contributed by atoms with E-state index < -0.39 is 11.9 Å². The number of nitrogens with zero attached hydrogens (tertiary/aromatic N) is 1. The van der Waals surface area contributed by atoms with Crippen molar-refractivity contribution in [3.8, 4) is 0 Å². The molecule has 0 aliphatic carbocycles. The molecule has 1 atom stereocenters. The summed E-state index contributed by atoms with van der Waals surface area (Å²) in [5.74, 6) is -1.46. The number of carbonyl (C=O) groups is 2. The Morgan fingerprint density at radius 3 is 2.94 bits per heavy atom. The van der Waals surface area contributed by atoms with Crippen molar-refractivity contribution in [1.29, 1.82) is 0 Å². The Labute approximate surface area is 109 Å². The van der Waals surface area contributed by atoms with Gasteiger partial charge in [-0.05, 0) is 23.9 Å². The highest BCUT2D eigenvalue weighted by molar-refractivity contribution is 7.17. The van der Waals surface area contributed by atoms with Crippen LogP contribution in [0.4, 0.5) is 0 Å². The van der Waals surface area contributed by atoms with Crippen LogP contribution in [0.25, 0.3) is 10.2 Å². The predicted molar refractivity (Wildman–Crippen MR) is 69.7 cm³/mol. The minimum absolute atomic E-state index is 0.229. The van der Waals surface area contributed by atoms with Gasteiger partial charge in [-0.15, -0.1) is 11.3 Å². The van der Waals surface area contributed by atoms with Crippen LogP contribution in [0.3, 0.4) is 0 Å². The molecular formula is C13H13NO3S. The van der Waals surface area contributed by atoms with Gasteiger partial charge in [0.05, 0.1) is 17.3 Å². The lowest BCUT2D eigenvalue weighted by molar-refractivity contribution is -0.143. The summed E-state index contributed by atoms with van der Waals surface area (Å²) in [6.07, 6.45) is 1.94. The number of thiophene rings is 1. The standard InChI is InChI=1S/C13H13NO3S/c1-3-9(13(16)17-2)12(15)8-6-11-10(14-7-8)4-5-18-11/h4-7,9H,3H2,1-2H3. The molecule has 18 heavy (non-hydrogen) atoms. The maximum Gasteiger partial charge on any atom is 0.316 e. The molecule has 0 aliphatic rings. The van der Waals surface area contributed by atoms with Crippen LogP contribution in [0.15, 0.2) is 23.7 Å². The Kier molecular flexibility index (Phi) is 3.72. The van der Waals surface area contributed by atoms with Crippen LogP contribution in [0.5, 0.6) is 0 Å². The number of pyridine rings is 1. The zero-order valence-electron chi connectivity index (χ0n) is 10.2. The van der Waals surface area contributed by atoms with E-state index in [1.54, 1.807) is 13.0 Å². The van der Waals surface area contributed by atoms with E-state index in [4.69, 9.17) is 0 Å². The first-order chi connectivity index (χ1) is 8.67. The fourth-order valence-corrected chi connectivity index (χ4v) is 2.56. The Bertz CT molecular complexity index is 591. The number of Topliss-reactive ketones (excluding diaryl/α,β-unsaturated/α-hetero) is 1. The van der Waals surface area contributed by atoms with Crippen LogP contribution in [-0.4, -0.2) is 23.8 Å². The molecule has 1 unspecified atom stereocenters. The molecule has 2 heterocycles. The molecule has 5 heteroatoms. The second-order valence-corrected chi connectivity index (χ2v) is 4.82. The largest absolute Gasteiger partial charge is 0.468 e. The zero-order chi connectivity index (χ0) is 13.1. The normalized spacial score (nSPS) is 12.3. The number of rotatable bonds is 4. The van der Waals surface area contributed by atoms with Gasteiger partial charge in [-0.2, -0.15) is 0 Å². The average Bonchev–Trinajstić information content (AvgIpc) is 2.86. The molecule has 0 fully saturated rings. The maximum atomic E-state index is 12.2. The van der Waals surface area contributed by atoms with E-state index in [1.165, 1.54) is 24.6 Å². The van der Waals surface area contributed by atoms with E-state index in [0.29, 0.717) is 12.0 Å². The molecule has 94 valence electrons. The topological polar surface area (TPSA) is 56.3 Å². The molecule has 2 rings (SSSR count). The first-order valence-electron chi connectivity index (χ1n) is 5.62. The smallest absolute Gasteiger partial charge is 0.316 e. The summed E-state index contributed by atoms with van der Waals surface area (Å²) in [4.78, 5) is 27.9. The molecule has 2 aromatic heterocycles. The summed E-state index contributed by atoms with van der Waals surface area (Å²) in [6, 6.07) is 3.67. The van der Waals surface area contributed by atoms with Crippen molar-refractivity contribution in [2.24, 2.45) is 5.92 Å². The van der Waals surface area contributed by atoms with Gasteiger partial charge in [-0.25, -0.2) is 0 Å². The summed E-state index contributed by atoms with van der Waals surface area (Å²) in [5.41, 5.74) is 1.32. The van der Waals surface area contributed by atoms with E-state index in [-0.39, 0.29) is 5.78 Å². The second-order valence-electron chi connectivity index (χ2n) is 3.88. The van der Waals surface area contributed by atoms with Crippen molar-refractivity contribution in [3.05, 3.63) is 29.3 Å². The van der Waals surface area contributed by atoms with E-state index in [0.717, 1.165) is 10.2 Å². The van der Waals surface area contributed by atoms with Crippen LogP contribution in [0.1, 0.15) is 23.7 Å². The lowest BCUT2D eigenvalue weighted by atomic mass is 9.96. The van der Waals surface area contributed by atoms with Crippen LogP contribution in [0.2, 0.25) is 0 Å². The number of aromatic nitrogens is 1. The summed E-state index contributed by atoms with van der Waals surface area (Å²) in [6.45, 7) is 1.79. The first kappa shape index (κ1) is 12.7. The van der Waals surface area contributed by atoms with Crippen molar-refractivity contribution in [2.75, 3.05) is 7.11 Å². The first-order valence-corrected chi connectivity index (χ1v) is 6.50. The van der Waals surface area contributed by atoms with Crippen LogP contribution in [0, 0.1) is 5.92 Å². The Morgan fingerprint density at radius 1 is 1.50 bits per heavy atom. The van der Waals surface area contributed by atoms with Gasteiger partial charge in [0.2, 0.25) is 0 Å². The van der Waals surface area contributed by atoms with Gasteiger partial charge in [-0.1, -0.05) is 6.92 Å². The number of ketones is 1. The zero-order valence-corrected chi connectivity index (χ0v) is 11.0. The molecule has 0 N–H and O–H groups in total. The van der Waals surface area contributed by atoms with E-state index in [1.807, 2.05) is 11.4 Å². The molecule has 4 nitrogen and oxygen atoms in total. The van der Waals surface area contributed by atoms with Crippen molar-refractivity contribution >= 4 is 33.3 Å². The van der Waals surface area contributed by atoms with Gasteiger partial charge in [0, 0.05) is 11.8 Å². The number of hydrogen-bond acceptors (Lipinski definition) is 5. The summed E-state index contributed by atoms with van der Waals surface area (Å²) >= 11 is 1.52. The minimum Gasteiger partial charge on any atom is -0.468 e. The molecule has 0 radical (unpaired) electrons. The average molecular weight is 263 g/mol. The molecule has 0 bridgehead atoms. The molecular weight excluding hydrogens is 250 g/mol. The number of fused-ring (bicyclic) bond motifs is 1. The maximum absolute atomic E-state index is 12.2. The third kappa shape index (κ3) is 2.26. The highest BCUT2D eigenvalue weighted by Gasteiger charge is 2.27. The van der Waals surface area contributed by atoms with Crippen molar-refractivity contribution < 1.29 is 14.3 Å². The third-order valence-corrected chi connectivity index (χ3v) is 3.65. The minimum atomic E-state index is -0.741. The fraction of sp³-hybridized carbons (Fsp3) is 0.308. The third-order valence-electron chi connectivity index (χ3n) is 2.80. The van der Waals surface area contributed by atoms with Crippen molar-refractivity contribution in [1.82, 2.24) is 4.98 Å². The van der Waals surface area contributed by atoms with Gasteiger partial charge in [-0.3, -0.25) is 14.6 Å². The van der Waals surface area contributed by atoms with E-state index in [9.17, 15) is 9.59 Å². The molecule has 0 amide bonds. The van der Waals surface area contributed by atoms with Gasteiger partial charge in [0.25, 0.3) is 0 Å². The Balaban J connectivity index is 2.34. The molecule has 0 saturated heterocycles.